The third kappa shape index (κ3) is 1.93. The molecule has 0 aliphatic carbocycles. The van der Waals surface area contributed by atoms with E-state index in [-0.39, 0.29) is 5.41 Å². The predicted molar refractivity (Wildman–Crippen MR) is 74.8 cm³/mol. The number of piperidine rings is 1. The number of nitrogens with one attached hydrogen (secondary N) is 2. The Balaban J connectivity index is 2.03. The molecule has 96 valence electrons. The third-order valence-electron chi connectivity index (χ3n) is 4.09. The molecule has 1 aromatic carbocycles. The summed E-state index contributed by atoms with van der Waals surface area (Å²) in [5.74, 6) is 1.18. The van der Waals surface area contributed by atoms with Crippen molar-refractivity contribution >= 4 is 11.0 Å². The van der Waals surface area contributed by atoms with Crippen LogP contribution < -0.4 is 5.32 Å². The van der Waals surface area contributed by atoms with Gasteiger partial charge in [0.2, 0.25) is 0 Å². The molecule has 1 aliphatic heterocycles. The highest BCUT2D eigenvalue weighted by molar-refractivity contribution is 5.75. The minimum absolute atomic E-state index is 0.214. The Morgan fingerprint density at radius 1 is 1.33 bits per heavy atom. The van der Waals surface area contributed by atoms with Crippen LogP contribution in [0.4, 0.5) is 0 Å². The monoisotopic (exact) mass is 243 g/mol. The van der Waals surface area contributed by atoms with Crippen molar-refractivity contribution in [1.82, 2.24) is 15.3 Å². The first-order valence-corrected chi connectivity index (χ1v) is 7.00. The third-order valence-corrected chi connectivity index (χ3v) is 4.09. The lowest BCUT2D eigenvalue weighted by Crippen LogP contribution is -2.44. The van der Waals surface area contributed by atoms with Gasteiger partial charge in [-0.2, -0.15) is 0 Å². The van der Waals surface area contributed by atoms with Gasteiger partial charge in [-0.05, 0) is 37.9 Å². The molecule has 0 spiro atoms. The minimum atomic E-state index is 0.214. The van der Waals surface area contributed by atoms with Gasteiger partial charge < -0.3 is 10.3 Å². The number of aromatic amines is 1. The van der Waals surface area contributed by atoms with Gasteiger partial charge in [0.05, 0.1) is 11.0 Å². The average Bonchev–Trinajstić information content (AvgIpc) is 2.84. The van der Waals surface area contributed by atoms with E-state index in [1.807, 2.05) is 0 Å². The Labute approximate surface area is 108 Å². The zero-order valence-corrected chi connectivity index (χ0v) is 11.0. The van der Waals surface area contributed by atoms with Gasteiger partial charge in [0.15, 0.2) is 0 Å². The Morgan fingerprint density at radius 2 is 2.22 bits per heavy atom. The van der Waals surface area contributed by atoms with Crippen LogP contribution in [0.1, 0.15) is 38.4 Å². The van der Waals surface area contributed by atoms with Crippen LogP contribution >= 0.6 is 0 Å². The molecule has 3 heteroatoms. The second kappa shape index (κ2) is 4.73. The minimum Gasteiger partial charge on any atom is -0.341 e. The molecular weight excluding hydrogens is 222 g/mol. The lowest BCUT2D eigenvalue weighted by atomic mass is 9.76. The fourth-order valence-corrected chi connectivity index (χ4v) is 3.18. The van der Waals surface area contributed by atoms with Crippen LogP contribution in [0.25, 0.3) is 11.0 Å². The van der Waals surface area contributed by atoms with Gasteiger partial charge in [0.25, 0.3) is 0 Å². The van der Waals surface area contributed by atoms with E-state index >= 15 is 0 Å². The largest absolute Gasteiger partial charge is 0.341 e. The van der Waals surface area contributed by atoms with Gasteiger partial charge >= 0.3 is 0 Å². The fourth-order valence-electron chi connectivity index (χ4n) is 3.18. The van der Waals surface area contributed by atoms with Crippen molar-refractivity contribution in [3.8, 4) is 0 Å². The van der Waals surface area contributed by atoms with Crippen LogP contribution in [0.15, 0.2) is 24.3 Å². The molecule has 3 nitrogen and oxygen atoms in total. The molecular formula is C15H21N3. The van der Waals surface area contributed by atoms with Crippen LogP contribution in [0.5, 0.6) is 0 Å². The number of hydrogen-bond acceptors (Lipinski definition) is 2. The molecule has 2 heterocycles. The van der Waals surface area contributed by atoms with Crippen LogP contribution in [-0.2, 0) is 5.41 Å². The van der Waals surface area contributed by atoms with Gasteiger partial charge in [0.1, 0.15) is 5.82 Å². The summed E-state index contributed by atoms with van der Waals surface area (Å²) in [7, 11) is 0. The maximum Gasteiger partial charge on any atom is 0.114 e. The number of aromatic nitrogens is 2. The molecule has 1 saturated heterocycles. The molecule has 0 bridgehead atoms. The molecule has 3 rings (SSSR count). The topological polar surface area (TPSA) is 40.7 Å². The molecule has 2 aromatic rings. The summed E-state index contributed by atoms with van der Waals surface area (Å²) in [5.41, 5.74) is 2.47. The molecule has 0 amide bonds. The Hall–Kier alpha value is -1.35. The van der Waals surface area contributed by atoms with E-state index in [1.165, 1.54) is 31.5 Å². The number of fused-ring (bicyclic) bond motifs is 1. The Morgan fingerprint density at radius 3 is 2.94 bits per heavy atom. The predicted octanol–water partition coefficient (Wildman–Crippen LogP) is 2.98. The van der Waals surface area contributed by atoms with Gasteiger partial charge in [-0.15, -0.1) is 0 Å². The quantitative estimate of drug-likeness (QED) is 0.870. The first kappa shape index (κ1) is 11.7. The lowest BCUT2D eigenvalue weighted by molar-refractivity contribution is 0.278. The van der Waals surface area contributed by atoms with Crippen molar-refractivity contribution in [3.63, 3.8) is 0 Å². The van der Waals surface area contributed by atoms with Crippen LogP contribution in [0, 0.1) is 0 Å². The first-order chi connectivity index (χ1) is 8.84. The summed E-state index contributed by atoms with van der Waals surface area (Å²) >= 11 is 0. The Kier molecular flexibility index (Phi) is 3.08. The number of rotatable bonds is 3. The summed E-state index contributed by atoms with van der Waals surface area (Å²) < 4.78 is 0. The molecule has 1 aromatic heterocycles. The standard InChI is InChI=1S/C15H21N3/c1-2-8-15(9-5-10-16-11-15)14-17-12-6-3-4-7-13(12)18-14/h3-4,6-7,16H,2,5,8-11H2,1H3,(H,17,18). The van der Waals surface area contributed by atoms with Crippen molar-refractivity contribution in [3.05, 3.63) is 30.1 Å². The van der Waals surface area contributed by atoms with E-state index in [1.54, 1.807) is 0 Å². The van der Waals surface area contributed by atoms with Gasteiger partial charge in [-0.3, -0.25) is 0 Å². The fraction of sp³-hybridized carbons (Fsp3) is 0.533. The maximum atomic E-state index is 4.83. The number of hydrogen-bond donors (Lipinski definition) is 2. The van der Waals surface area contributed by atoms with E-state index in [0.717, 1.165) is 24.1 Å². The van der Waals surface area contributed by atoms with Crippen molar-refractivity contribution in [2.75, 3.05) is 13.1 Å². The summed E-state index contributed by atoms with van der Waals surface area (Å²) in [5, 5.41) is 3.54. The summed E-state index contributed by atoms with van der Waals surface area (Å²) in [6.45, 7) is 4.46. The number of imidazole rings is 1. The van der Waals surface area contributed by atoms with E-state index in [2.05, 4.69) is 41.5 Å². The molecule has 0 saturated carbocycles. The van der Waals surface area contributed by atoms with Crippen LogP contribution in [0.2, 0.25) is 0 Å². The van der Waals surface area contributed by atoms with Crippen molar-refractivity contribution in [1.29, 1.82) is 0 Å². The maximum absolute atomic E-state index is 4.83. The molecule has 1 atom stereocenters. The van der Waals surface area contributed by atoms with E-state index in [9.17, 15) is 0 Å². The normalized spacial score (nSPS) is 24.5. The molecule has 2 N–H and O–H groups in total. The van der Waals surface area contributed by atoms with Crippen LogP contribution in [0.3, 0.4) is 0 Å². The highest BCUT2D eigenvalue weighted by Crippen LogP contribution is 2.34. The van der Waals surface area contributed by atoms with Gasteiger partial charge in [-0.25, -0.2) is 4.98 Å². The lowest BCUT2D eigenvalue weighted by Gasteiger charge is -2.36. The second-order valence-corrected chi connectivity index (χ2v) is 5.41. The molecule has 0 radical (unpaired) electrons. The summed E-state index contributed by atoms with van der Waals surface area (Å²) in [4.78, 5) is 8.37. The summed E-state index contributed by atoms with van der Waals surface area (Å²) in [6, 6.07) is 8.32. The molecule has 1 aliphatic rings. The number of H-pyrrole nitrogens is 1. The van der Waals surface area contributed by atoms with Crippen LogP contribution in [-0.4, -0.2) is 23.1 Å². The zero-order chi connectivity index (χ0) is 12.4. The highest BCUT2D eigenvalue weighted by Gasteiger charge is 2.35. The zero-order valence-electron chi connectivity index (χ0n) is 11.0. The van der Waals surface area contributed by atoms with E-state index < -0.39 is 0 Å². The SMILES string of the molecule is CCCC1(c2nc3ccccc3[nH]2)CCCNC1. The molecule has 1 fully saturated rings. The first-order valence-electron chi connectivity index (χ1n) is 7.00. The summed E-state index contributed by atoms with van der Waals surface area (Å²) in [6.07, 6.45) is 4.91. The molecule has 18 heavy (non-hydrogen) atoms. The number of benzene rings is 1. The Bertz CT molecular complexity index is 485. The van der Waals surface area contributed by atoms with Gasteiger partial charge in [-0.1, -0.05) is 25.5 Å². The number of nitrogens with zero attached hydrogens (tertiary/aromatic N) is 1. The van der Waals surface area contributed by atoms with Crippen molar-refractivity contribution in [2.24, 2.45) is 0 Å². The molecule has 1 unspecified atom stereocenters. The smallest absolute Gasteiger partial charge is 0.114 e. The van der Waals surface area contributed by atoms with Crippen molar-refractivity contribution < 1.29 is 0 Å². The highest BCUT2D eigenvalue weighted by atomic mass is 15.0. The van der Waals surface area contributed by atoms with E-state index in [4.69, 9.17) is 4.98 Å². The second-order valence-electron chi connectivity index (χ2n) is 5.41. The van der Waals surface area contributed by atoms with Crippen molar-refractivity contribution in [2.45, 2.75) is 38.0 Å². The van der Waals surface area contributed by atoms with E-state index in [0.29, 0.717) is 0 Å². The van der Waals surface area contributed by atoms with Gasteiger partial charge in [0, 0.05) is 12.0 Å². The number of para-hydroxylation sites is 2. The average molecular weight is 243 g/mol.